The van der Waals surface area contributed by atoms with Crippen LogP contribution < -0.4 is 10.1 Å². The van der Waals surface area contributed by atoms with Gasteiger partial charge in [-0.3, -0.25) is 0 Å². The maximum Gasteiger partial charge on any atom is 0.125 e. The van der Waals surface area contributed by atoms with Crippen molar-refractivity contribution in [3.05, 3.63) is 56.5 Å². The van der Waals surface area contributed by atoms with Crippen molar-refractivity contribution in [1.29, 1.82) is 0 Å². The van der Waals surface area contributed by atoms with Gasteiger partial charge < -0.3 is 10.1 Å². The second-order valence-electron chi connectivity index (χ2n) is 5.28. The highest BCUT2D eigenvalue weighted by Crippen LogP contribution is 2.32. The first kappa shape index (κ1) is 17.3. The predicted molar refractivity (Wildman–Crippen MR) is 96.0 cm³/mol. The van der Waals surface area contributed by atoms with Crippen LogP contribution in [0.4, 0.5) is 5.69 Å². The summed E-state index contributed by atoms with van der Waals surface area (Å²) in [5, 5.41) is 4.69. The molecule has 0 aliphatic carbocycles. The molecule has 0 fully saturated rings. The highest BCUT2D eigenvalue weighted by Gasteiger charge is 2.11. The van der Waals surface area contributed by atoms with Crippen molar-refractivity contribution >= 4 is 40.5 Å². The van der Waals surface area contributed by atoms with Gasteiger partial charge in [-0.1, -0.05) is 53.0 Å². The summed E-state index contributed by atoms with van der Waals surface area (Å²) in [6.45, 7) is 6.69. The van der Waals surface area contributed by atoms with Crippen LogP contribution in [0.2, 0.25) is 15.1 Å². The Morgan fingerprint density at radius 2 is 1.59 bits per heavy atom. The van der Waals surface area contributed by atoms with E-state index >= 15 is 0 Å². The quantitative estimate of drug-likeness (QED) is 0.648. The standard InChI is InChI=1S/C17H18Cl3NO/c1-10-5-4-6-11(2)17(10)22-12(3)9-21-16-8-14(19)13(18)7-15(16)20/h4-8,12,21H,9H2,1-3H3. The van der Waals surface area contributed by atoms with Crippen molar-refractivity contribution in [2.24, 2.45) is 0 Å². The van der Waals surface area contributed by atoms with Gasteiger partial charge in [0, 0.05) is 0 Å². The van der Waals surface area contributed by atoms with Crippen LogP contribution in [-0.4, -0.2) is 12.6 Å². The molecule has 0 amide bonds. The average Bonchev–Trinajstić information content (AvgIpc) is 2.45. The third-order valence-corrected chi connectivity index (χ3v) is 4.35. The Bertz CT molecular complexity index is 653. The number of aryl methyl sites for hydroxylation is 2. The summed E-state index contributed by atoms with van der Waals surface area (Å²) >= 11 is 18.1. The van der Waals surface area contributed by atoms with Gasteiger partial charge in [0.1, 0.15) is 11.9 Å². The van der Waals surface area contributed by atoms with E-state index in [1.54, 1.807) is 12.1 Å². The van der Waals surface area contributed by atoms with Gasteiger partial charge in [-0.05, 0) is 44.0 Å². The number of hydrogen-bond donors (Lipinski definition) is 1. The Kier molecular flexibility index (Phi) is 5.85. The number of hydrogen-bond acceptors (Lipinski definition) is 2. The normalized spacial score (nSPS) is 12.1. The van der Waals surface area contributed by atoms with Crippen molar-refractivity contribution in [2.45, 2.75) is 26.9 Å². The zero-order chi connectivity index (χ0) is 16.3. The Hall–Kier alpha value is -1.09. The molecular weight excluding hydrogens is 341 g/mol. The molecule has 2 aromatic rings. The van der Waals surface area contributed by atoms with E-state index in [-0.39, 0.29) is 6.10 Å². The summed E-state index contributed by atoms with van der Waals surface area (Å²) in [7, 11) is 0. The zero-order valence-corrected chi connectivity index (χ0v) is 15.0. The number of anilines is 1. The molecular formula is C17H18Cl3NO. The average molecular weight is 359 g/mol. The first-order chi connectivity index (χ1) is 10.4. The molecule has 0 heterocycles. The molecule has 0 aliphatic rings. The van der Waals surface area contributed by atoms with Gasteiger partial charge in [-0.2, -0.15) is 0 Å². The van der Waals surface area contributed by atoms with E-state index in [9.17, 15) is 0 Å². The second-order valence-corrected chi connectivity index (χ2v) is 6.50. The zero-order valence-electron chi connectivity index (χ0n) is 12.7. The van der Waals surface area contributed by atoms with Gasteiger partial charge in [-0.15, -0.1) is 0 Å². The topological polar surface area (TPSA) is 21.3 Å². The Balaban J connectivity index is 2.02. The van der Waals surface area contributed by atoms with Crippen LogP contribution in [0.5, 0.6) is 5.75 Å². The van der Waals surface area contributed by atoms with E-state index in [1.807, 2.05) is 39.0 Å². The first-order valence-corrected chi connectivity index (χ1v) is 8.13. The molecule has 118 valence electrons. The number of rotatable bonds is 5. The number of benzene rings is 2. The van der Waals surface area contributed by atoms with Gasteiger partial charge >= 0.3 is 0 Å². The monoisotopic (exact) mass is 357 g/mol. The summed E-state index contributed by atoms with van der Waals surface area (Å²) < 4.78 is 6.03. The van der Waals surface area contributed by atoms with Crippen LogP contribution in [0.3, 0.4) is 0 Å². The number of halogens is 3. The van der Waals surface area contributed by atoms with Gasteiger partial charge in [0.15, 0.2) is 0 Å². The summed E-state index contributed by atoms with van der Waals surface area (Å²) in [6, 6.07) is 9.45. The molecule has 2 aromatic carbocycles. The van der Waals surface area contributed by atoms with Crippen molar-refractivity contribution < 1.29 is 4.74 Å². The molecule has 1 atom stereocenters. The predicted octanol–water partition coefficient (Wildman–Crippen LogP) is 6.14. The number of nitrogens with one attached hydrogen (secondary N) is 1. The molecule has 0 aromatic heterocycles. The van der Waals surface area contributed by atoms with Gasteiger partial charge in [-0.25, -0.2) is 0 Å². The SMILES string of the molecule is Cc1cccc(C)c1OC(C)CNc1cc(Cl)c(Cl)cc1Cl. The highest BCUT2D eigenvalue weighted by atomic mass is 35.5. The van der Waals surface area contributed by atoms with Gasteiger partial charge in [0.25, 0.3) is 0 Å². The fourth-order valence-electron chi connectivity index (χ4n) is 2.14. The van der Waals surface area contributed by atoms with Crippen LogP contribution in [0.15, 0.2) is 30.3 Å². The van der Waals surface area contributed by atoms with E-state index in [4.69, 9.17) is 39.5 Å². The van der Waals surface area contributed by atoms with E-state index in [1.165, 1.54) is 0 Å². The molecule has 0 saturated heterocycles. The Morgan fingerprint density at radius 3 is 2.23 bits per heavy atom. The second kappa shape index (κ2) is 7.45. The molecule has 0 bridgehead atoms. The lowest BCUT2D eigenvalue weighted by Crippen LogP contribution is -2.23. The lowest BCUT2D eigenvalue weighted by molar-refractivity contribution is 0.231. The molecule has 1 N–H and O–H groups in total. The highest BCUT2D eigenvalue weighted by molar-refractivity contribution is 6.44. The summed E-state index contributed by atoms with van der Waals surface area (Å²) in [6.07, 6.45) is -0.0229. The Labute approximate surface area is 146 Å². The maximum absolute atomic E-state index is 6.15. The fourth-order valence-corrected chi connectivity index (χ4v) is 2.75. The molecule has 1 unspecified atom stereocenters. The molecule has 0 spiro atoms. The third kappa shape index (κ3) is 4.22. The fraction of sp³-hybridized carbons (Fsp3) is 0.294. The van der Waals surface area contributed by atoms with E-state index in [0.29, 0.717) is 21.6 Å². The van der Waals surface area contributed by atoms with Gasteiger partial charge in [0.2, 0.25) is 0 Å². The minimum atomic E-state index is -0.0229. The summed E-state index contributed by atoms with van der Waals surface area (Å²) in [5.74, 6) is 0.928. The number of para-hydroxylation sites is 1. The van der Waals surface area contributed by atoms with E-state index in [0.717, 1.165) is 22.6 Å². The smallest absolute Gasteiger partial charge is 0.125 e. The van der Waals surface area contributed by atoms with Crippen LogP contribution in [0.1, 0.15) is 18.1 Å². The van der Waals surface area contributed by atoms with Crippen LogP contribution in [-0.2, 0) is 0 Å². The minimum Gasteiger partial charge on any atom is -0.488 e. The van der Waals surface area contributed by atoms with Crippen molar-refractivity contribution in [3.63, 3.8) is 0 Å². The lowest BCUT2D eigenvalue weighted by Gasteiger charge is -2.19. The summed E-state index contributed by atoms with van der Waals surface area (Å²) in [4.78, 5) is 0. The van der Waals surface area contributed by atoms with Crippen LogP contribution >= 0.6 is 34.8 Å². The minimum absolute atomic E-state index is 0.0229. The lowest BCUT2D eigenvalue weighted by atomic mass is 10.1. The molecule has 2 nitrogen and oxygen atoms in total. The van der Waals surface area contributed by atoms with Gasteiger partial charge in [0.05, 0.1) is 27.3 Å². The van der Waals surface area contributed by atoms with Crippen LogP contribution in [0, 0.1) is 13.8 Å². The van der Waals surface area contributed by atoms with E-state index in [2.05, 4.69) is 5.32 Å². The number of ether oxygens (including phenoxy) is 1. The Morgan fingerprint density at radius 1 is 1.00 bits per heavy atom. The third-order valence-electron chi connectivity index (χ3n) is 3.32. The summed E-state index contributed by atoms with van der Waals surface area (Å²) in [5.41, 5.74) is 2.99. The molecule has 5 heteroatoms. The molecule has 2 rings (SSSR count). The molecule has 0 aliphatic heterocycles. The van der Waals surface area contributed by atoms with Crippen LogP contribution in [0.25, 0.3) is 0 Å². The van der Waals surface area contributed by atoms with E-state index < -0.39 is 0 Å². The largest absolute Gasteiger partial charge is 0.488 e. The molecule has 0 radical (unpaired) electrons. The molecule has 0 saturated carbocycles. The first-order valence-electron chi connectivity index (χ1n) is 6.99. The van der Waals surface area contributed by atoms with Crippen molar-refractivity contribution in [1.82, 2.24) is 0 Å². The molecule has 22 heavy (non-hydrogen) atoms. The van der Waals surface area contributed by atoms with Crippen molar-refractivity contribution in [3.8, 4) is 5.75 Å². The maximum atomic E-state index is 6.15. The van der Waals surface area contributed by atoms with Crippen molar-refractivity contribution in [2.75, 3.05) is 11.9 Å².